The van der Waals surface area contributed by atoms with Crippen LogP contribution < -0.4 is 5.32 Å². The molecule has 0 saturated carbocycles. The first-order valence-corrected chi connectivity index (χ1v) is 5.26. The third-order valence-corrected chi connectivity index (χ3v) is 2.45. The van der Waals surface area contributed by atoms with E-state index in [1.165, 1.54) is 36.5 Å². The predicted molar refractivity (Wildman–Crippen MR) is 63.3 cm³/mol. The summed E-state index contributed by atoms with van der Waals surface area (Å²) in [6.07, 6.45) is 1.25. The molecule has 0 saturated heterocycles. The van der Waals surface area contributed by atoms with Crippen molar-refractivity contribution in [1.29, 1.82) is 0 Å². The van der Waals surface area contributed by atoms with E-state index >= 15 is 0 Å². The maximum atomic E-state index is 13.3. The van der Waals surface area contributed by atoms with Crippen molar-refractivity contribution < 1.29 is 13.6 Å². The van der Waals surface area contributed by atoms with Gasteiger partial charge >= 0.3 is 0 Å². The number of hydrogen-bond acceptors (Lipinski definition) is 2. The lowest BCUT2D eigenvalue weighted by atomic mass is 10.2. The van der Waals surface area contributed by atoms with E-state index in [2.05, 4.69) is 10.3 Å². The molecule has 1 N–H and O–H groups in total. The molecular weight excluding hydrogens is 238 g/mol. The highest BCUT2D eigenvalue weighted by atomic mass is 19.1. The Morgan fingerprint density at radius 2 is 2.06 bits per heavy atom. The van der Waals surface area contributed by atoms with Crippen molar-refractivity contribution >= 4 is 11.6 Å². The van der Waals surface area contributed by atoms with E-state index in [0.717, 1.165) is 0 Å². The average molecular weight is 248 g/mol. The monoisotopic (exact) mass is 248 g/mol. The van der Waals surface area contributed by atoms with Crippen LogP contribution in [0.5, 0.6) is 0 Å². The third-order valence-electron chi connectivity index (χ3n) is 2.45. The summed E-state index contributed by atoms with van der Waals surface area (Å²) in [4.78, 5) is 15.2. The van der Waals surface area contributed by atoms with Crippen LogP contribution in [0, 0.1) is 18.7 Å². The van der Waals surface area contributed by atoms with Crippen LogP contribution in [0.1, 0.15) is 15.9 Å². The minimum absolute atomic E-state index is 0.179. The van der Waals surface area contributed by atoms with Gasteiger partial charge < -0.3 is 5.32 Å². The highest BCUT2D eigenvalue weighted by Gasteiger charge is 2.13. The Labute approximate surface area is 102 Å². The molecule has 2 aromatic rings. The second kappa shape index (κ2) is 4.91. The maximum Gasteiger partial charge on any atom is 0.260 e. The molecule has 5 heteroatoms. The molecule has 0 bridgehead atoms. The Morgan fingerprint density at radius 1 is 1.28 bits per heavy atom. The van der Waals surface area contributed by atoms with Gasteiger partial charge in [-0.25, -0.2) is 9.37 Å². The fourth-order valence-electron chi connectivity index (χ4n) is 1.47. The molecule has 2 rings (SSSR count). The molecule has 0 atom stereocenters. The summed E-state index contributed by atoms with van der Waals surface area (Å²) in [5.41, 5.74) is 0.818. The lowest BCUT2D eigenvalue weighted by Gasteiger charge is -2.08. The Balaban J connectivity index is 2.27. The summed E-state index contributed by atoms with van der Waals surface area (Å²) in [5.74, 6) is -1.99. The number of nitrogens with zero attached hydrogens (tertiary/aromatic N) is 1. The molecule has 0 aliphatic rings. The zero-order valence-corrected chi connectivity index (χ0v) is 9.58. The van der Waals surface area contributed by atoms with Gasteiger partial charge in [0.25, 0.3) is 5.91 Å². The van der Waals surface area contributed by atoms with Crippen LogP contribution in [0.2, 0.25) is 0 Å². The van der Waals surface area contributed by atoms with Crippen molar-refractivity contribution in [3.05, 3.63) is 59.4 Å². The number of amides is 1. The van der Waals surface area contributed by atoms with Gasteiger partial charge in [-0.15, -0.1) is 0 Å². The Kier molecular flexibility index (Phi) is 3.32. The number of anilines is 1. The molecule has 0 radical (unpaired) electrons. The van der Waals surface area contributed by atoms with Gasteiger partial charge in [0.2, 0.25) is 5.95 Å². The summed E-state index contributed by atoms with van der Waals surface area (Å²) in [6.45, 7) is 1.72. The van der Waals surface area contributed by atoms with E-state index in [9.17, 15) is 13.6 Å². The first kappa shape index (κ1) is 12.2. The normalized spacial score (nSPS) is 10.2. The van der Waals surface area contributed by atoms with Crippen molar-refractivity contribution in [2.75, 3.05) is 5.32 Å². The number of aryl methyl sites for hydroxylation is 1. The molecule has 0 aliphatic heterocycles. The predicted octanol–water partition coefficient (Wildman–Crippen LogP) is 2.92. The fourth-order valence-corrected chi connectivity index (χ4v) is 1.47. The number of nitrogens with one attached hydrogen (secondary N) is 1. The van der Waals surface area contributed by atoms with E-state index in [-0.39, 0.29) is 5.56 Å². The van der Waals surface area contributed by atoms with Gasteiger partial charge in [-0.2, -0.15) is 4.39 Å². The van der Waals surface area contributed by atoms with Gasteiger partial charge in [-0.3, -0.25) is 4.79 Å². The SMILES string of the molecule is Cc1ccc(F)cc1NC(=O)c1cccnc1F. The van der Waals surface area contributed by atoms with Crippen LogP contribution in [-0.2, 0) is 0 Å². The number of carbonyl (C=O) groups excluding carboxylic acids is 1. The van der Waals surface area contributed by atoms with Crippen LogP contribution in [0.15, 0.2) is 36.5 Å². The van der Waals surface area contributed by atoms with Crippen LogP contribution in [0.3, 0.4) is 0 Å². The highest BCUT2D eigenvalue weighted by molar-refractivity contribution is 6.04. The van der Waals surface area contributed by atoms with E-state index in [4.69, 9.17) is 0 Å². The number of rotatable bonds is 2. The minimum atomic E-state index is -0.857. The maximum absolute atomic E-state index is 13.3. The molecular formula is C13H10F2N2O. The molecule has 1 heterocycles. The summed E-state index contributed by atoms with van der Waals surface area (Å²) in [7, 11) is 0. The van der Waals surface area contributed by atoms with Crippen molar-refractivity contribution in [3.63, 3.8) is 0 Å². The third kappa shape index (κ3) is 2.51. The zero-order valence-electron chi connectivity index (χ0n) is 9.58. The number of aromatic nitrogens is 1. The Morgan fingerprint density at radius 3 is 2.78 bits per heavy atom. The summed E-state index contributed by atoms with van der Waals surface area (Å²) in [6, 6.07) is 6.77. The van der Waals surface area contributed by atoms with Crippen molar-refractivity contribution in [3.8, 4) is 0 Å². The standard InChI is InChI=1S/C13H10F2N2O/c1-8-4-5-9(14)7-11(8)17-13(18)10-3-2-6-16-12(10)15/h2-7H,1H3,(H,17,18). The van der Waals surface area contributed by atoms with E-state index < -0.39 is 17.7 Å². The fraction of sp³-hybridized carbons (Fsp3) is 0.0769. The average Bonchev–Trinajstić information content (AvgIpc) is 2.34. The summed E-state index contributed by atoms with van der Waals surface area (Å²) in [5, 5.41) is 2.45. The Hall–Kier alpha value is -2.30. The number of hydrogen-bond donors (Lipinski definition) is 1. The second-order valence-electron chi connectivity index (χ2n) is 3.76. The zero-order chi connectivity index (χ0) is 13.1. The topological polar surface area (TPSA) is 42.0 Å². The van der Waals surface area contributed by atoms with Crippen LogP contribution in [-0.4, -0.2) is 10.9 Å². The number of halogens is 2. The molecule has 92 valence electrons. The second-order valence-corrected chi connectivity index (χ2v) is 3.76. The molecule has 3 nitrogen and oxygen atoms in total. The van der Waals surface area contributed by atoms with Crippen LogP contribution >= 0.6 is 0 Å². The molecule has 1 aromatic carbocycles. The van der Waals surface area contributed by atoms with Gasteiger partial charge in [-0.1, -0.05) is 6.07 Å². The minimum Gasteiger partial charge on any atom is -0.322 e. The van der Waals surface area contributed by atoms with Gasteiger partial charge in [0.1, 0.15) is 5.82 Å². The molecule has 18 heavy (non-hydrogen) atoms. The summed E-state index contributed by atoms with van der Waals surface area (Å²) < 4.78 is 26.3. The van der Waals surface area contributed by atoms with Crippen LogP contribution in [0.4, 0.5) is 14.5 Å². The molecule has 1 aromatic heterocycles. The largest absolute Gasteiger partial charge is 0.322 e. The van der Waals surface area contributed by atoms with Gasteiger partial charge in [0.05, 0.1) is 5.56 Å². The number of benzene rings is 1. The van der Waals surface area contributed by atoms with Crippen molar-refractivity contribution in [2.45, 2.75) is 6.92 Å². The van der Waals surface area contributed by atoms with Gasteiger partial charge in [0.15, 0.2) is 0 Å². The molecule has 1 amide bonds. The lowest BCUT2D eigenvalue weighted by Crippen LogP contribution is -2.15. The van der Waals surface area contributed by atoms with Crippen molar-refractivity contribution in [2.24, 2.45) is 0 Å². The molecule has 0 spiro atoms. The van der Waals surface area contributed by atoms with Gasteiger partial charge in [-0.05, 0) is 36.8 Å². The van der Waals surface area contributed by atoms with Gasteiger partial charge in [0, 0.05) is 11.9 Å². The smallest absolute Gasteiger partial charge is 0.260 e. The first-order valence-electron chi connectivity index (χ1n) is 5.26. The lowest BCUT2D eigenvalue weighted by molar-refractivity contribution is 0.102. The Bertz CT molecular complexity index is 599. The van der Waals surface area contributed by atoms with E-state index in [1.807, 2.05) is 0 Å². The van der Waals surface area contributed by atoms with E-state index in [1.54, 1.807) is 6.92 Å². The number of carbonyl (C=O) groups is 1. The summed E-state index contributed by atoms with van der Waals surface area (Å²) >= 11 is 0. The van der Waals surface area contributed by atoms with Crippen LogP contribution in [0.25, 0.3) is 0 Å². The molecule has 0 fully saturated rings. The number of pyridine rings is 1. The highest BCUT2D eigenvalue weighted by Crippen LogP contribution is 2.17. The molecule has 0 aliphatic carbocycles. The van der Waals surface area contributed by atoms with E-state index in [0.29, 0.717) is 11.3 Å². The van der Waals surface area contributed by atoms with Crippen molar-refractivity contribution in [1.82, 2.24) is 4.98 Å². The molecule has 0 unspecified atom stereocenters. The quantitative estimate of drug-likeness (QED) is 0.830. The first-order chi connectivity index (χ1) is 8.58.